The molecule has 3 aromatic rings. The van der Waals surface area contributed by atoms with Gasteiger partial charge in [0, 0.05) is 5.38 Å². The quantitative estimate of drug-likeness (QED) is 0.780. The van der Waals surface area contributed by atoms with E-state index in [-0.39, 0.29) is 6.04 Å². The van der Waals surface area contributed by atoms with Gasteiger partial charge >= 0.3 is 0 Å². The molecule has 0 spiro atoms. The van der Waals surface area contributed by atoms with Gasteiger partial charge in [0.25, 0.3) is 0 Å². The number of hydrogen-bond acceptors (Lipinski definition) is 4. The van der Waals surface area contributed by atoms with Crippen molar-refractivity contribution in [3.63, 3.8) is 0 Å². The summed E-state index contributed by atoms with van der Waals surface area (Å²) in [5.74, 6) is 0.776. The highest BCUT2D eigenvalue weighted by atomic mass is 32.1. The Morgan fingerprint density at radius 3 is 2.67 bits per heavy atom. The Morgan fingerprint density at radius 2 is 1.94 bits per heavy atom. The maximum absolute atomic E-state index is 6.20. The van der Waals surface area contributed by atoms with Crippen molar-refractivity contribution >= 4 is 11.3 Å². The lowest BCUT2D eigenvalue weighted by atomic mass is 10.1. The fraction of sp³-hybridized carbons (Fsp3) is 0.0714. The Morgan fingerprint density at radius 1 is 1.11 bits per heavy atom. The van der Waals surface area contributed by atoms with E-state index in [0.717, 1.165) is 22.0 Å². The second-order valence-corrected chi connectivity index (χ2v) is 4.83. The van der Waals surface area contributed by atoms with E-state index in [2.05, 4.69) is 4.98 Å². The lowest BCUT2D eigenvalue weighted by molar-refractivity contribution is 0.580. The number of hydrogen-bond donors (Lipinski definition) is 1. The van der Waals surface area contributed by atoms with Crippen LogP contribution in [0.2, 0.25) is 0 Å². The molecule has 0 radical (unpaired) electrons. The number of benzene rings is 1. The van der Waals surface area contributed by atoms with E-state index in [1.165, 1.54) is 0 Å². The summed E-state index contributed by atoms with van der Waals surface area (Å²) < 4.78 is 5.32. The van der Waals surface area contributed by atoms with Crippen molar-refractivity contribution in [1.82, 2.24) is 4.98 Å². The number of furan rings is 1. The van der Waals surface area contributed by atoms with Gasteiger partial charge in [-0.05, 0) is 17.7 Å². The molecule has 3 nitrogen and oxygen atoms in total. The van der Waals surface area contributed by atoms with Crippen LogP contribution >= 0.6 is 11.3 Å². The number of nitrogens with zero attached hydrogens (tertiary/aromatic N) is 1. The largest absolute Gasteiger partial charge is 0.463 e. The normalized spacial score (nSPS) is 12.5. The molecule has 2 N–H and O–H groups in total. The first-order valence-corrected chi connectivity index (χ1v) is 6.52. The van der Waals surface area contributed by atoms with Crippen molar-refractivity contribution in [3.8, 4) is 11.5 Å². The number of nitrogens with two attached hydrogens (primary N) is 1. The molecule has 3 rings (SSSR count). The van der Waals surface area contributed by atoms with E-state index in [1.54, 1.807) is 17.6 Å². The molecule has 0 bridgehead atoms. The predicted molar refractivity (Wildman–Crippen MR) is 72.3 cm³/mol. The molecule has 1 unspecified atom stereocenters. The van der Waals surface area contributed by atoms with Crippen LogP contribution in [-0.4, -0.2) is 4.98 Å². The van der Waals surface area contributed by atoms with Gasteiger partial charge in [-0.25, -0.2) is 4.98 Å². The van der Waals surface area contributed by atoms with Crippen molar-refractivity contribution in [3.05, 3.63) is 64.7 Å². The molecular formula is C14H12N2OS. The van der Waals surface area contributed by atoms with E-state index in [4.69, 9.17) is 10.2 Å². The number of aromatic nitrogens is 1. The number of thiazole rings is 1. The molecule has 0 amide bonds. The fourth-order valence-electron chi connectivity index (χ4n) is 1.77. The van der Waals surface area contributed by atoms with Crippen LogP contribution in [0.1, 0.15) is 16.6 Å². The average Bonchev–Trinajstić information content (AvgIpc) is 3.09. The first kappa shape index (κ1) is 11.2. The van der Waals surface area contributed by atoms with Gasteiger partial charge in [0.2, 0.25) is 0 Å². The highest BCUT2D eigenvalue weighted by molar-refractivity contribution is 7.10. The van der Waals surface area contributed by atoms with Crippen molar-refractivity contribution < 1.29 is 4.42 Å². The standard InChI is InChI=1S/C14H12N2OS/c15-13(10-5-2-1-3-6-10)14-16-11(9-18-14)12-7-4-8-17-12/h1-9,13H,15H2. The topological polar surface area (TPSA) is 52.0 Å². The zero-order chi connectivity index (χ0) is 12.4. The molecule has 2 aromatic heterocycles. The van der Waals surface area contributed by atoms with E-state index >= 15 is 0 Å². The molecule has 0 aliphatic heterocycles. The van der Waals surface area contributed by atoms with Crippen molar-refractivity contribution in [1.29, 1.82) is 0 Å². The summed E-state index contributed by atoms with van der Waals surface area (Å²) in [7, 11) is 0. The lowest BCUT2D eigenvalue weighted by Crippen LogP contribution is -2.11. The molecule has 0 aliphatic rings. The Hall–Kier alpha value is -1.91. The summed E-state index contributed by atoms with van der Waals surface area (Å²) in [6, 6.07) is 13.5. The summed E-state index contributed by atoms with van der Waals surface area (Å²) in [5, 5.41) is 2.87. The maximum atomic E-state index is 6.20. The van der Waals surface area contributed by atoms with Crippen molar-refractivity contribution in [2.24, 2.45) is 5.73 Å². The smallest absolute Gasteiger partial charge is 0.153 e. The first-order valence-electron chi connectivity index (χ1n) is 5.64. The summed E-state index contributed by atoms with van der Waals surface area (Å²) in [5.41, 5.74) is 8.11. The monoisotopic (exact) mass is 256 g/mol. The van der Waals surface area contributed by atoms with Crippen molar-refractivity contribution in [2.75, 3.05) is 0 Å². The van der Waals surface area contributed by atoms with E-state index < -0.39 is 0 Å². The van der Waals surface area contributed by atoms with Gasteiger partial charge in [-0.15, -0.1) is 11.3 Å². The van der Waals surface area contributed by atoms with Crippen LogP contribution < -0.4 is 5.73 Å². The zero-order valence-electron chi connectivity index (χ0n) is 9.61. The van der Waals surface area contributed by atoms with Gasteiger partial charge in [0.05, 0.1) is 12.3 Å². The molecule has 18 heavy (non-hydrogen) atoms. The predicted octanol–water partition coefficient (Wildman–Crippen LogP) is 3.45. The molecule has 0 saturated carbocycles. The van der Waals surface area contributed by atoms with Crippen LogP contribution in [0, 0.1) is 0 Å². The highest BCUT2D eigenvalue weighted by Gasteiger charge is 2.14. The minimum Gasteiger partial charge on any atom is -0.463 e. The summed E-state index contributed by atoms with van der Waals surface area (Å²) in [4.78, 5) is 4.53. The highest BCUT2D eigenvalue weighted by Crippen LogP contribution is 2.27. The molecular weight excluding hydrogens is 244 g/mol. The third-order valence-electron chi connectivity index (χ3n) is 2.72. The molecule has 2 heterocycles. The van der Waals surface area contributed by atoms with Gasteiger partial charge in [-0.2, -0.15) is 0 Å². The van der Waals surface area contributed by atoms with Gasteiger partial charge in [-0.3, -0.25) is 0 Å². The van der Waals surface area contributed by atoms with Gasteiger partial charge in [0.15, 0.2) is 5.76 Å². The minimum absolute atomic E-state index is 0.181. The van der Waals surface area contributed by atoms with E-state index in [1.807, 2.05) is 47.8 Å². The molecule has 90 valence electrons. The van der Waals surface area contributed by atoms with E-state index in [9.17, 15) is 0 Å². The van der Waals surface area contributed by atoms with Crippen LogP contribution in [-0.2, 0) is 0 Å². The minimum atomic E-state index is -0.181. The second-order valence-electron chi connectivity index (χ2n) is 3.94. The maximum Gasteiger partial charge on any atom is 0.153 e. The Bertz CT molecular complexity index is 616. The third kappa shape index (κ3) is 2.08. The molecule has 1 aromatic carbocycles. The second kappa shape index (κ2) is 4.76. The molecule has 0 fully saturated rings. The molecule has 0 aliphatic carbocycles. The van der Waals surface area contributed by atoms with Crippen molar-refractivity contribution in [2.45, 2.75) is 6.04 Å². The van der Waals surface area contributed by atoms with Crippen LogP contribution in [0.4, 0.5) is 0 Å². The SMILES string of the molecule is NC(c1ccccc1)c1nc(-c2ccco2)cs1. The molecule has 1 atom stereocenters. The third-order valence-corrected chi connectivity index (χ3v) is 3.65. The molecule has 4 heteroatoms. The van der Waals surface area contributed by atoms with Crippen LogP contribution in [0.5, 0.6) is 0 Å². The Kier molecular flexibility index (Phi) is 2.96. The average molecular weight is 256 g/mol. The van der Waals surface area contributed by atoms with Gasteiger partial charge in [0.1, 0.15) is 10.7 Å². The molecule has 0 saturated heterocycles. The van der Waals surface area contributed by atoms with E-state index in [0.29, 0.717) is 0 Å². The van der Waals surface area contributed by atoms with Gasteiger partial charge < -0.3 is 10.2 Å². The van der Waals surface area contributed by atoms with Crippen LogP contribution in [0.25, 0.3) is 11.5 Å². The Labute approximate surface area is 109 Å². The summed E-state index contributed by atoms with van der Waals surface area (Å²) >= 11 is 1.55. The summed E-state index contributed by atoms with van der Waals surface area (Å²) in [6.45, 7) is 0. The van der Waals surface area contributed by atoms with Gasteiger partial charge in [-0.1, -0.05) is 30.3 Å². The van der Waals surface area contributed by atoms with Crippen LogP contribution in [0.15, 0.2) is 58.5 Å². The first-order chi connectivity index (χ1) is 8.84. The Balaban J connectivity index is 1.90. The fourth-order valence-corrected chi connectivity index (χ4v) is 2.61. The zero-order valence-corrected chi connectivity index (χ0v) is 10.4. The lowest BCUT2D eigenvalue weighted by Gasteiger charge is -2.07. The number of rotatable bonds is 3. The van der Waals surface area contributed by atoms with Crippen LogP contribution in [0.3, 0.4) is 0 Å². The summed E-state index contributed by atoms with van der Waals surface area (Å²) in [6.07, 6.45) is 1.64.